The van der Waals surface area contributed by atoms with Gasteiger partial charge in [-0.25, -0.2) is 4.79 Å². The van der Waals surface area contributed by atoms with E-state index >= 15 is 0 Å². The molecule has 1 fully saturated rings. The van der Waals surface area contributed by atoms with Gasteiger partial charge >= 0.3 is 6.09 Å². The lowest BCUT2D eigenvalue weighted by atomic mass is 10.0. The van der Waals surface area contributed by atoms with E-state index in [1.165, 1.54) is 83.5 Å². The van der Waals surface area contributed by atoms with Crippen LogP contribution >= 0.6 is 0 Å². The summed E-state index contributed by atoms with van der Waals surface area (Å²) in [6.45, 7) is 3.06. The van der Waals surface area contributed by atoms with Gasteiger partial charge in [0.1, 0.15) is 6.10 Å². The molecule has 3 nitrogen and oxygen atoms in total. The third-order valence-electron chi connectivity index (χ3n) is 4.64. The lowest BCUT2D eigenvalue weighted by molar-refractivity contribution is 0.0678. The van der Waals surface area contributed by atoms with Crippen LogP contribution in [0.3, 0.4) is 0 Å². The minimum atomic E-state index is -0.231. The molecule has 1 atom stereocenters. The number of alkyl carbamates (subject to hydrolysis) is 1. The van der Waals surface area contributed by atoms with Gasteiger partial charge in [0, 0.05) is 13.0 Å². The van der Waals surface area contributed by atoms with E-state index in [1.807, 2.05) is 0 Å². The molecule has 0 aliphatic carbocycles. The smallest absolute Gasteiger partial charge is 0.407 e. The Labute approximate surface area is 137 Å². The lowest BCUT2D eigenvalue weighted by Gasteiger charge is -2.22. The highest BCUT2D eigenvalue weighted by atomic mass is 16.6. The first-order valence-electron chi connectivity index (χ1n) is 9.77. The summed E-state index contributed by atoms with van der Waals surface area (Å²) in [6, 6.07) is 0. The highest BCUT2D eigenvalue weighted by molar-refractivity contribution is 5.67. The lowest BCUT2D eigenvalue weighted by Crippen LogP contribution is -2.37. The second-order valence-corrected chi connectivity index (χ2v) is 6.77. The molecular weight excluding hydrogens is 274 g/mol. The fourth-order valence-corrected chi connectivity index (χ4v) is 3.18. The summed E-state index contributed by atoms with van der Waals surface area (Å²) in [7, 11) is 0. The van der Waals surface area contributed by atoms with Gasteiger partial charge in [0.2, 0.25) is 0 Å². The summed E-state index contributed by atoms with van der Waals surface area (Å²) in [5, 5.41) is 2.70. The fourth-order valence-electron chi connectivity index (χ4n) is 3.18. The van der Waals surface area contributed by atoms with Crippen molar-refractivity contribution in [1.29, 1.82) is 0 Å². The van der Waals surface area contributed by atoms with E-state index in [4.69, 9.17) is 4.74 Å². The largest absolute Gasteiger partial charge is 0.446 e. The zero-order valence-electron chi connectivity index (χ0n) is 14.7. The van der Waals surface area contributed by atoms with Crippen molar-refractivity contribution in [2.45, 2.75) is 109 Å². The van der Waals surface area contributed by atoms with Gasteiger partial charge in [-0.15, -0.1) is 0 Å². The molecule has 1 aliphatic rings. The number of unbranched alkanes of at least 4 members (excludes halogenated alkanes) is 12. The van der Waals surface area contributed by atoms with Crippen molar-refractivity contribution in [2.75, 3.05) is 6.54 Å². The van der Waals surface area contributed by atoms with Crippen molar-refractivity contribution < 1.29 is 9.53 Å². The first kappa shape index (κ1) is 19.3. The van der Waals surface area contributed by atoms with Crippen molar-refractivity contribution in [3.63, 3.8) is 0 Å². The number of cyclic esters (lactones) is 1. The molecule has 1 saturated heterocycles. The molecule has 22 heavy (non-hydrogen) atoms. The minimum Gasteiger partial charge on any atom is -0.446 e. The number of hydrogen-bond acceptors (Lipinski definition) is 2. The van der Waals surface area contributed by atoms with Gasteiger partial charge in [0.15, 0.2) is 0 Å². The van der Waals surface area contributed by atoms with E-state index in [0.717, 1.165) is 19.4 Å². The Morgan fingerprint density at radius 3 is 1.86 bits per heavy atom. The van der Waals surface area contributed by atoms with Gasteiger partial charge in [0.05, 0.1) is 0 Å². The number of amides is 1. The fraction of sp³-hybridized carbons (Fsp3) is 0.947. The van der Waals surface area contributed by atoms with Crippen LogP contribution in [0.2, 0.25) is 0 Å². The van der Waals surface area contributed by atoms with Crippen LogP contribution in [0.4, 0.5) is 4.79 Å². The maximum atomic E-state index is 11.1. The van der Waals surface area contributed by atoms with Gasteiger partial charge in [0.25, 0.3) is 0 Å². The van der Waals surface area contributed by atoms with E-state index < -0.39 is 0 Å². The Bertz CT molecular complexity index is 268. The Hall–Kier alpha value is -0.730. The molecule has 1 aliphatic heterocycles. The van der Waals surface area contributed by atoms with Crippen molar-refractivity contribution in [3.8, 4) is 0 Å². The van der Waals surface area contributed by atoms with Gasteiger partial charge in [-0.2, -0.15) is 0 Å². The zero-order valence-corrected chi connectivity index (χ0v) is 14.7. The molecule has 0 aromatic carbocycles. The van der Waals surface area contributed by atoms with Crippen LogP contribution in [0.25, 0.3) is 0 Å². The Morgan fingerprint density at radius 2 is 1.36 bits per heavy atom. The monoisotopic (exact) mass is 311 g/mol. The van der Waals surface area contributed by atoms with Crippen molar-refractivity contribution in [2.24, 2.45) is 0 Å². The van der Waals surface area contributed by atoms with Gasteiger partial charge < -0.3 is 10.1 Å². The first-order valence-corrected chi connectivity index (χ1v) is 9.77. The van der Waals surface area contributed by atoms with E-state index in [2.05, 4.69) is 12.2 Å². The van der Waals surface area contributed by atoms with Gasteiger partial charge in [-0.1, -0.05) is 84.0 Å². The third-order valence-corrected chi connectivity index (χ3v) is 4.64. The highest BCUT2D eigenvalue weighted by Gasteiger charge is 2.18. The molecule has 0 bridgehead atoms. The summed E-state index contributed by atoms with van der Waals surface area (Å²) in [4.78, 5) is 11.1. The van der Waals surface area contributed by atoms with E-state index in [0.29, 0.717) is 0 Å². The van der Waals surface area contributed by atoms with Gasteiger partial charge in [-0.3, -0.25) is 0 Å². The van der Waals surface area contributed by atoms with Crippen molar-refractivity contribution >= 4 is 6.09 Å². The molecule has 0 radical (unpaired) electrons. The predicted molar refractivity (Wildman–Crippen MR) is 93.2 cm³/mol. The van der Waals surface area contributed by atoms with E-state index in [-0.39, 0.29) is 12.2 Å². The molecule has 0 aromatic heterocycles. The molecule has 1 heterocycles. The van der Waals surface area contributed by atoms with Crippen LogP contribution in [-0.2, 0) is 4.74 Å². The quantitative estimate of drug-likeness (QED) is 0.401. The van der Waals surface area contributed by atoms with Crippen LogP contribution in [0.5, 0.6) is 0 Å². The van der Waals surface area contributed by atoms with E-state index in [9.17, 15) is 4.79 Å². The number of hydrogen-bond donors (Lipinski definition) is 1. The molecule has 1 N–H and O–H groups in total. The molecule has 0 spiro atoms. The molecule has 0 aromatic rings. The number of rotatable bonds is 14. The SMILES string of the molecule is CCCCCCCCCCCCCCCC1CCNC(=O)O1. The molecule has 1 amide bonds. The molecular formula is C19H37NO2. The van der Waals surface area contributed by atoms with Crippen molar-refractivity contribution in [1.82, 2.24) is 5.32 Å². The summed E-state index contributed by atoms with van der Waals surface area (Å²) >= 11 is 0. The molecule has 0 saturated carbocycles. The Morgan fingerprint density at radius 1 is 0.864 bits per heavy atom. The summed E-state index contributed by atoms with van der Waals surface area (Å²) in [6.07, 6.45) is 19.9. The Kier molecular flexibility index (Phi) is 12.2. The van der Waals surface area contributed by atoms with Crippen LogP contribution in [0.1, 0.15) is 103 Å². The van der Waals surface area contributed by atoms with Crippen LogP contribution < -0.4 is 5.32 Å². The molecule has 1 unspecified atom stereocenters. The van der Waals surface area contributed by atoms with Crippen LogP contribution in [0.15, 0.2) is 0 Å². The average molecular weight is 312 g/mol. The number of carbonyl (C=O) groups excluding carboxylic acids is 1. The second kappa shape index (κ2) is 13.9. The topological polar surface area (TPSA) is 38.3 Å². The first-order chi connectivity index (χ1) is 10.8. The third kappa shape index (κ3) is 10.9. The maximum Gasteiger partial charge on any atom is 0.407 e. The summed E-state index contributed by atoms with van der Waals surface area (Å²) < 4.78 is 5.24. The highest BCUT2D eigenvalue weighted by Crippen LogP contribution is 2.16. The molecule has 3 heteroatoms. The summed E-state index contributed by atoms with van der Waals surface area (Å²) in [5.74, 6) is 0. The number of ether oxygens (including phenoxy) is 1. The van der Waals surface area contributed by atoms with E-state index in [1.54, 1.807) is 0 Å². The van der Waals surface area contributed by atoms with Crippen molar-refractivity contribution in [3.05, 3.63) is 0 Å². The molecule has 130 valence electrons. The maximum absolute atomic E-state index is 11.1. The Balaban J connectivity index is 1.74. The normalized spacial score (nSPS) is 18.0. The predicted octanol–water partition coefficient (Wildman–Crippen LogP) is 5.97. The van der Waals surface area contributed by atoms with Gasteiger partial charge in [-0.05, 0) is 12.8 Å². The van der Waals surface area contributed by atoms with Crippen LogP contribution in [0, 0.1) is 0 Å². The number of nitrogens with one attached hydrogen (secondary N) is 1. The second-order valence-electron chi connectivity index (χ2n) is 6.77. The molecule has 1 rings (SSSR count). The zero-order chi connectivity index (χ0) is 15.9. The standard InChI is InChI=1S/C19H37NO2/c1-2-3-4-5-6-7-8-9-10-11-12-13-14-15-18-16-17-20-19(21)22-18/h18H,2-17H2,1H3,(H,20,21). The number of carbonyl (C=O) groups is 1. The average Bonchev–Trinajstić information content (AvgIpc) is 2.52. The minimum absolute atomic E-state index is 0.168. The van der Waals surface area contributed by atoms with Crippen LogP contribution in [-0.4, -0.2) is 18.7 Å². The summed E-state index contributed by atoms with van der Waals surface area (Å²) in [5.41, 5.74) is 0.